The summed E-state index contributed by atoms with van der Waals surface area (Å²) >= 11 is 0. The maximum Gasteiger partial charge on any atom is 0.253 e. The van der Waals surface area contributed by atoms with E-state index < -0.39 is 0 Å². The number of rotatable bonds is 6. The molecule has 1 heterocycles. The first-order chi connectivity index (χ1) is 13.1. The number of nitrogens with one attached hydrogen (secondary N) is 1. The molecule has 1 saturated heterocycles. The highest BCUT2D eigenvalue weighted by molar-refractivity contribution is 5.94. The number of amides is 1. The molecule has 1 atom stereocenters. The molecular formula is C21H28ClN3O3. The molecule has 0 radical (unpaired) electrons. The number of carbonyl (C=O) groups is 1. The quantitative estimate of drug-likeness (QED) is 0.771. The van der Waals surface area contributed by atoms with Gasteiger partial charge in [0.15, 0.2) is 0 Å². The van der Waals surface area contributed by atoms with Crippen molar-refractivity contribution in [1.82, 2.24) is 4.90 Å². The van der Waals surface area contributed by atoms with Crippen molar-refractivity contribution in [2.75, 3.05) is 32.6 Å². The normalized spacial score (nSPS) is 16.1. The van der Waals surface area contributed by atoms with Crippen LogP contribution < -0.4 is 20.5 Å². The number of benzene rings is 2. The molecule has 2 aromatic carbocycles. The Morgan fingerprint density at radius 1 is 1.14 bits per heavy atom. The highest BCUT2D eigenvalue weighted by atomic mass is 35.5. The Labute approximate surface area is 172 Å². The standard InChI is InChI=1S/C21H27N3O3.ClH/c1-26-19-10-18(11-20(12-19)27-2)23-17-4-3-9-24(14-17)21(25)16-7-5-15(13-22)6-8-16;/h5-8,10-12,17,23H,3-4,9,13-14,22H2,1-2H3;1H. The van der Waals surface area contributed by atoms with Crippen molar-refractivity contribution in [2.45, 2.75) is 25.4 Å². The molecule has 6 nitrogen and oxygen atoms in total. The summed E-state index contributed by atoms with van der Waals surface area (Å²) in [6.45, 7) is 1.92. The summed E-state index contributed by atoms with van der Waals surface area (Å²) in [4.78, 5) is 14.7. The van der Waals surface area contributed by atoms with Crippen molar-refractivity contribution in [1.29, 1.82) is 0 Å². The van der Waals surface area contributed by atoms with Gasteiger partial charge in [-0.1, -0.05) is 12.1 Å². The zero-order chi connectivity index (χ0) is 19.2. The van der Waals surface area contributed by atoms with Crippen molar-refractivity contribution in [3.05, 3.63) is 53.6 Å². The minimum atomic E-state index is 0. The number of halogens is 1. The minimum absolute atomic E-state index is 0. The Bertz CT molecular complexity index is 761. The Balaban J connectivity index is 0.00000280. The molecule has 0 aliphatic carbocycles. The molecule has 0 bridgehead atoms. The van der Waals surface area contributed by atoms with Crippen LogP contribution in [0.15, 0.2) is 42.5 Å². The van der Waals surface area contributed by atoms with Crippen molar-refractivity contribution in [2.24, 2.45) is 5.73 Å². The maximum absolute atomic E-state index is 12.8. The molecule has 7 heteroatoms. The Morgan fingerprint density at radius 3 is 2.36 bits per heavy atom. The van der Waals surface area contributed by atoms with E-state index in [2.05, 4.69) is 5.32 Å². The van der Waals surface area contributed by atoms with Crippen LogP contribution in [-0.2, 0) is 6.54 Å². The predicted molar refractivity (Wildman–Crippen MR) is 114 cm³/mol. The summed E-state index contributed by atoms with van der Waals surface area (Å²) in [5.41, 5.74) is 8.29. The Hall–Kier alpha value is -2.44. The second-order valence-electron chi connectivity index (χ2n) is 6.74. The van der Waals surface area contributed by atoms with E-state index in [4.69, 9.17) is 15.2 Å². The fourth-order valence-electron chi connectivity index (χ4n) is 3.37. The number of hydrogen-bond donors (Lipinski definition) is 2. The molecule has 1 aliphatic heterocycles. The summed E-state index contributed by atoms with van der Waals surface area (Å²) in [7, 11) is 3.27. The van der Waals surface area contributed by atoms with Crippen LogP contribution in [0.1, 0.15) is 28.8 Å². The van der Waals surface area contributed by atoms with Gasteiger partial charge in [0.2, 0.25) is 0 Å². The van der Waals surface area contributed by atoms with Crippen LogP contribution in [0.3, 0.4) is 0 Å². The SMILES string of the molecule is COc1cc(NC2CCCN(C(=O)c3ccc(CN)cc3)C2)cc(OC)c1.Cl. The number of methoxy groups -OCH3 is 2. The number of likely N-dealkylation sites (tertiary alicyclic amines) is 1. The van der Waals surface area contributed by atoms with E-state index in [0.717, 1.165) is 42.1 Å². The molecule has 0 spiro atoms. The lowest BCUT2D eigenvalue weighted by atomic mass is 10.0. The minimum Gasteiger partial charge on any atom is -0.497 e. The van der Waals surface area contributed by atoms with Crippen LogP contribution in [0, 0.1) is 0 Å². The molecule has 1 unspecified atom stereocenters. The fraction of sp³-hybridized carbons (Fsp3) is 0.381. The third-order valence-corrected chi connectivity index (χ3v) is 4.87. The van der Waals surface area contributed by atoms with Gasteiger partial charge in [0.25, 0.3) is 5.91 Å². The monoisotopic (exact) mass is 405 g/mol. The van der Waals surface area contributed by atoms with E-state index in [1.165, 1.54) is 0 Å². The fourth-order valence-corrected chi connectivity index (χ4v) is 3.37. The first kappa shape index (κ1) is 21.9. The number of nitrogens with two attached hydrogens (primary N) is 1. The van der Waals surface area contributed by atoms with Gasteiger partial charge in [0, 0.05) is 55.1 Å². The number of ether oxygens (including phenoxy) is 2. The molecule has 0 saturated carbocycles. The first-order valence-electron chi connectivity index (χ1n) is 9.21. The van der Waals surface area contributed by atoms with Crippen LogP contribution in [0.25, 0.3) is 0 Å². The van der Waals surface area contributed by atoms with E-state index in [-0.39, 0.29) is 24.4 Å². The average molecular weight is 406 g/mol. The van der Waals surface area contributed by atoms with Gasteiger partial charge >= 0.3 is 0 Å². The van der Waals surface area contributed by atoms with Crippen molar-refractivity contribution >= 4 is 24.0 Å². The molecule has 28 heavy (non-hydrogen) atoms. The number of hydrogen-bond acceptors (Lipinski definition) is 5. The third-order valence-electron chi connectivity index (χ3n) is 4.87. The predicted octanol–water partition coefficient (Wildman–Crippen LogP) is 3.30. The second kappa shape index (κ2) is 10.2. The lowest BCUT2D eigenvalue weighted by Gasteiger charge is -2.34. The van der Waals surface area contributed by atoms with E-state index in [1.54, 1.807) is 14.2 Å². The number of carbonyl (C=O) groups excluding carboxylic acids is 1. The summed E-state index contributed by atoms with van der Waals surface area (Å²) < 4.78 is 10.7. The molecule has 2 aromatic rings. The number of anilines is 1. The molecular weight excluding hydrogens is 378 g/mol. The largest absolute Gasteiger partial charge is 0.497 e. The second-order valence-corrected chi connectivity index (χ2v) is 6.74. The average Bonchev–Trinajstić information content (AvgIpc) is 2.73. The lowest BCUT2D eigenvalue weighted by Crippen LogP contribution is -2.45. The van der Waals surface area contributed by atoms with Gasteiger partial charge in [-0.25, -0.2) is 0 Å². The van der Waals surface area contributed by atoms with E-state index >= 15 is 0 Å². The lowest BCUT2D eigenvalue weighted by molar-refractivity contribution is 0.0715. The summed E-state index contributed by atoms with van der Waals surface area (Å²) in [6.07, 6.45) is 1.97. The van der Waals surface area contributed by atoms with Crippen LogP contribution in [0.4, 0.5) is 5.69 Å². The Kier molecular flexibility index (Phi) is 7.96. The van der Waals surface area contributed by atoms with Crippen molar-refractivity contribution in [3.63, 3.8) is 0 Å². The van der Waals surface area contributed by atoms with Crippen LogP contribution in [0.2, 0.25) is 0 Å². The van der Waals surface area contributed by atoms with E-state index in [0.29, 0.717) is 18.7 Å². The van der Waals surface area contributed by atoms with Crippen molar-refractivity contribution < 1.29 is 14.3 Å². The van der Waals surface area contributed by atoms with Crippen LogP contribution >= 0.6 is 12.4 Å². The smallest absolute Gasteiger partial charge is 0.253 e. The van der Waals surface area contributed by atoms with E-state index in [9.17, 15) is 4.79 Å². The van der Waals surface area contributed by atoms with Gasteiger partial charge < -0.3 is 25.4 Å². The van der Waals surface area contributed by atoms with Gasteiger partial charge in [0.05, 0.1) is 14.2 Å². The van der Waals surface area contributed by atoms with Gasteiger partial charge in [-0.05, 0) is 30.5 Å². The summed E-state index contributed by atoms with van der Waals surface area (Å²) in [6, 6.07) is 13.4. The number of nitrogens with zero attached hydrogens (tertiary/aromatic N) is 1. The highest BCUT2D eigenvalue weighted by Gasteiger charge is 2.24. The van der Waals surface area contributed by atoms with Gasteiger partial charge in [-0.2, -0.15) is 0 Å². The zero-order valence-corrected chi connectivity index (χ0v) is 17.1. The summed E-state index contributed by atoms with van der Waals surface area (Å²) in [5, 5.41) is 3.51. The highest BCUT2D eigenvalue weighted by Crippen LogP contribution is 2.27. The van der Waals surface area contributed by atoms with Gasteiger partial charge in [-0.15, -0.1) is 12.4 Å². The molecule has 152 valence electrons. The van der Waals surface area contributed by atoms with E-state index in [1.807, 2.05) is 47.4 Å². The maximum atomic E-state index is 12.8. The molecule has 1 fully saturated rings. The zero-order valence-electron chi connectivity index (χ0n) is 16.3. The Morgan fingerprint density at radius 2 is 1.79 bits per heavy atom. The van der Waals surface area contributed by atoms with Crippen molar-refractivity contribution in [3.8, 4) is 11.5 Å². The van der Waals surface area contributed by atoms with Crippen LogP contribution in [0.5, 0.6) is 11.5 Å². The molecule has 1 amide bonds. The summed E-state index contributed by atoms with van der Waals surface area (Å²) in [5.74, 6) is 1.54. The number of piperidine rings is 1. The molecule has 0 aromatic heterocycles. The molecule has 3 N–H and O–H groups in total. The van der Waals surface area contributed by atoms with Gasteiger partial charge in [0.1, 0.15) is 11.5 Å². The first-order valence-corrected chi connectivity index (χ1v) is 9.21. The molecule has 1 aliphatic rings. The third kappa shape index (κ3) is 5.30. The van der Waals surface area contributed by atoms with Gasteiger partial charge in [-0.3, -0.25) is 4.79 Å². The topological polar surface area (TPSA) is 76.8 Å². The molecule has 3 rings (SSSR count). The van der Waals surface area contributed by atoms with Crippen LogP contribution in [-0.4, -0.2) is 44.2 Å².